The molecular formula is C13H14N4O. The molecule has 1 unspecified atom stereocenters. The fraction of sp³-hybridized carbons (Fsp3) is 0.308. The third-order valence-corrected chi connectivity index (χ3v) is 3.08. The maximum absolute atomic E-state index is 12.0. The van der Waals surface area contributed by atoms with Gasteiger partial charge in [0.1, 0.15) is 5.41 Å². The molecule has 0 radical (unpaired) electrons. The zero-order valence-electron chi connectivity index (χ0n) is 10.3. The molecule has 1 aromatic heterocycles. The summed E-state index contributed by atoms with van der Waals surface area (Å²) in [6.45, 7) is 3.42. The number of aromatic nitrogens is 2. The molecule has 0 saturated carbocycles. The summed E-state index contributed by atoms with van der Waals surface area (Å²) in [6.07, 6.45) is 0.454. The predicted molar refractivity (Wildman–Crippen MR) is 68.7 cm³/mol. The predicted octanol–water partition coefficient (Wildman–Crippen LogP) is 2.44. The highest BCUT2D eigenvalue weighted by molar-refractivity contribution is 5.96. The Balaban J connectivity index is 2.24. The van der Waals surface area contributed by atoms with Crippen molar-refractivity contribution in [1.29, 1.82) is 5.26 Å². The quantitative estimate of drug-likeness (QED) is 0.867. The van der Waals surface area contributed by atoms with Gasteiger partial charge in [-0.25, -0.2) is 4.98 Å². The second kappa shape index (κ2) is 4.49. The molecule has 92 valence electrons. The lowest BCUT2D eigenvalue weighted by Crippen LogP contribution is -2.31. The lowest BCUT2D eigenvalue weighted by molar-refractivity contribution is -0.122. The van der Waals surface area contributed by atoms with E-state index in [1.807, 2.05) is 30.3 Å². The number of hydrogen-bond donors (Lipinski definition) is 2. The molecule has 0 aliphatic heterocycles. The number of hydrogen-bond acceptors (Lipinski definition) is 3. The minimum absolute atomic E-state index is 0.341. The van der Waals surface area contributed by atoms with Gasteiger partial charge in [-0.15, -0.1) is 0 Å². The molecule has 2 N–H and O–H groups in total. The highest BCUT2D eigenvalue weighted by atomic mass is 16.2. The first kappa shape index (κ1) is 12.1. The lowest BCUT2D eigenvalue weighted by Gasteiger charge is -2.17. The number of nitrogens with zero attached hydrogens (tertiary/aromatic N) is 2. The Labute approximate surface area is 105 Å². The van der Waals surface area contributed by atoms with Crippen molar-refractivity contribution >= 4 is 22.9 Å². The Morgan fingerprint density at radius 1 is 1.56 bits per heavy atom. The van der Waals surface area contributed by atoms with Gasteiger partial charge in [0.25, 0.3) is 0 Å². The molecule has 1 aromatic carbocycles. The zero-order valence-corrected chi connectivity index (χ0v) is 10.3. The minimum Gasteiger partial charge on any atom is -0.324 e. The summed E-state index contributed by atoms with van der Waals surface area (Å²) in [5.41, 5.74) is 0.602. The van der Waals surface area contributed by atoms with E-state index < -0.39 is 5.41 Å². The maximum Gasteiger partial charge on any atom is 0.246 e. The van der Waals surface area contributed by atoms with Crippen LogP contribution in [0.2, 0.25) is 0 Å². The van der Waals surface area contributed by atoms with Crippen LogP contribution >= 0.6 is 0 Å². The van der Waals surface area contributed by atoms with Crippen molar-refractivity contribution in [3.63, 3.8) is 0 Å². The van der Waals surface area contributed by atoms with Gasteiger partial charge in [0.05, 0.1) is 17.1 Å². The molecule has 1 amide bonds. The second-order valence-electron chi connectivity index (χ2n) is 4.35. The lowest BCUT2D eigenvalue weighted by atomic mass is 9.88. The molecule has 0 saturated heterocycles. The van der Waals surface area contributed by atoms with Gasteiger partial charge in [-0.3, -0.25) is 10.1 Å². The van der Waals surface area contributed by atoms with E-state index in [0.717, 1.165) is 11.0 Å². The average molecular weight is 242 g/mol. The zero-order chi connectivity index (χ0) is 13.2. The third kappa shape index (κ3) is 2.05. The van der Waals surface area contributed by atoms with Crippen LogP contribution in [0.3, 0.4) is 0 Å². The topological polar surface area (TPSA) is 81.6 Å². The molecule has 2 aromatic rings. The molecule has 5 nitrogen and oxygen atoms in total. The number of nitriles is 1. The van der Waals surface area contributed by atoms with E-state index >= 15 is 0 Å². The number of benzene rings is 1. The van der Waals surface area contributed by atoms with Crippen molar-refractivity contribution in [1.82, 2.24) is 9.97 Å². The van der Waals surface area contributed by atoms with Gasteiger partial charge in [0.2, 0.25) is 11.9 Å². The van der Waals surface area contributed by atoms with Crippen LogP contribution in [0.1, 0.15) is 20.3 Å². The van der Waals surface area contributed by atoms with Gasteiger partial charge < -0.3 is 4.98 Å². The molecule has 0 bridgehead atoms. The van der Waals surface area contributed by atoms with Crippen molar-refractivity contribution < 1.29 is 4.79 Å². The van der Waals surface area contributed by atoms with Crippen LogP contribution in [0.25, 0.3) is 11.0 Å². The first-order valence-electron chi connectivity index (χ1n) is 5.76. The van der Waals surface area contributed by atoms with E-state index in [0.29, 0.717) is 12.4 Å². The molecular weight excluding hydrogens is 228 g/mol. The molecule has 18 heavy (non-hydrogen) atoms. The largest absolute Gasteiger partial charge is 0.324 e. The maximum atomic E-state index is 12.0. The van der Waals surface area contributed by atoms with Gasteiger partial charge in [-0.1, -0.05) is 19.1 Å². The normalized spacial score (nSPS) is 13.8. The Hall–Kier alpha value is -2.35. The minimum atomic E-state index is -1.03. The van der Waals surface area contributed by atoms with Gasteiger partial charge in [-0.05, 0) is 25.5 Å². The monoisotopic (exact) mass is 242 g/mol. The van der Waals surface area contributed by atoms with Crippen LogP contribution < -0.4 is 5.32 Å². The summed E-state index contributed by atoms with van der Waals surface area (Å²) in [6, 6.07) is 9.52. The SMILES string of the molecule is CCC(C)(C#N)C(=O)Nc1nc2ccccc2[nH]1. The van der Waals surface area contributed by atoms with Crippen LogP contribution in [-0.4, -0.2) is 15.9 Å². The second-order valence-corrected chi connectivity index (χ2v) is 4.35. The molecule has 1 heterocycles. The van der Waals surface area contributed by atoms with Crippen molar-refractivity contribution in [3.8, 4) is 6.07 Å². The first-order chi connectivity index (χ1) is 8.59. The fourth-order valence-electron chi connectivity index (χ4n) is 1.55. The molecule has 2 rings (SSSR count). The highest BCUT2D eigenvalue weighted by Gasteiger charge is 2.31. The van der Waals surface area contributed by atoms with E-state index in [-0.39, 0.29) is 5.91 Å². The Morgan fingerprint density at radius 2 is 2.28 bits per heavy atom. The number of anilines is 1. The van der Waals surface area contributed by atoms with E-state index in [9.17, 15) is 4.79 Å². The van der Waals surface area contributed by atoms with E-state index in [1.165, 1.54) is 0 Å². The molecule has 1 atom stereocenters. The van der Waals surface area contributed by atoms with Crippen LogP contribution in [0.15, 0.2) is 24.3 Å². The number of H-pyrrole nitrogens is 1. The summed E-state index contributed by atoms with van der Waals surface area (Å²) in [5, 5.41) is 11.7. The molecule has 0 aliphatic rings. The van der Waals surface area contributed by atoms with E-state index in [1.54, 1.807) is 13.8 Å². The fourth-order valence-corrected chi connectivity index (χ4v) is 1.55. The van der Waals surface area contributed by atoms with Crippen LogP contribution in [0.5, 0.6) is 0 Å². The first-order valence-corrected chi connectivity index (χ1v) is 5.76. The van der Waals surface area contributed by atoms with Crippen LogP contribution in [0, 0.1) is 16.7 Å². The van der Waals surface area contributed by atoms with Crippen molar-refractivity contribution in [2.45, 2.75) is 20.3 Å². The number of para-hydroxylation sites is 2. The van der Waals surface area contributed by atoms with Gasteiger partial charge in [0.15, 0.2) is 0 Å². The summed E-state index contributed by atoms with van der Waals surface area (Å²) < 4.78 is 0. The Kier molecular flexibility index (Phi) is 3.02. The summed E-state index contributed by atoms with van der Waals surface area (Å²) in [5.74, 6) is 0.0303. The van der Waals surface area contributed by atoms with Crippen LogP contribution in [0.4, 0.5) is 5.95 Å². The number of aromatic amines is 1. The molecule has 5 heteroatoms. The summed E-state index contributed by atoms with van der Waals surface area (Å²) in [7, 11) is 0. The summed E-state index contributed by atoms with van der Waals surface area (Å²) in [4.78, 5) is 19.2. The number of imidazole rings is 1. The van der Waals surface area contributed by atoms with Gasteiger partial charge >= 0.3 is 0 Å². The number of carbonyl (C=O) groups excluding carboxylic acids is 1. The molecule has 0 aliphatic carbocycles. The molecule has 0 spiro atoms. The van der Waals surface area contributed by atoms with Crippen molar-refractivity contribution in [3.05, 3.63) is 24.3 Å². The number of amides is 1. The van der Waals surface area contributed by atoms with Crippen LogP contribution in [-0.2, 0) is 4.79 Å². The van der Waals surface area contributed by atoms with Crippen molar-refractivity contribution in [2.24, 2.45) is 5.41 Å². The number of carbonyl (C=O) groups is 1. The summed E-state index contributed by atoms with van der Waals surface area (Å²) >= 11 is 0. The number of nitrogens with one attached hydrogen (secondary N) is 2. The van der Waals surface area contributed by atoms with Gasteiger partial charge in [-0.2, -0.15) is 5.26 Å². The smallest absolute Gasteiger partial charge is 0.246 e. The van der Waals surface area contributed by atoms with Crippen molar-refractivity contribution in [2.75, 3.05) is 5.32 Å². The number of fused-ring (bicyclic) bond motifs is 1. The average Bonchev–Trinajstić information content (AvgIpc) is 2.79. The van der Waals surface area contributed by atoms with E-state index in [2.05, 4.69) is 15.3 Å². The Bertz CT molecular complexity index is 592. The van der Waals surface area contributed by atoms with E-state index in [4.69, 9.17) is 5.26 Å². The highest BCUT2D eigenvalue weighted by Crippen LogP contribution is 2.22. The Morgan fingerprint density at radius 3 is 2.89 bits per heavy atom. The van der Waals surface area contributed by atoms with Gasteiger partial charge in [0, 0.05) is 0 Å². The standard InChI is InChI=1S/C13H14N4O/c1-3-13(2,8-14)11(18)17-12-15-9-6-4-5-7-10(9)16-12/h4-7H,3H2,1-2H3,(H2,15,16,17,18). The molecule has 0 fully saturated rings. The third-order valence-electron chi connectivity index (χ3n) is 3.08. The number of rotatable bonds is 3.